The number of carbonyl (C=O) groups excluding carboxylic acids is 1. The molecule has 2 atom stereocenters. The second-order valence-corrected chi connectivity index (χ2v) is 5.09. The second kappa shape index (κ2) is 8.69. The molecule has 120 valence electrons. The van der Waals surface area contributed by atoms with Crippen LogP contribution in [-0.2, 0) is 4.79 Å². The number of piperidine rings is 1. The van der Waals surface area contributed by atoms with Crippen LogP contribution in [0.15, 0.2) is 0 Å². The van der Waals surface area contributed by atoms with Crippen LogP contribution in [0.1, 0.15) is 26.2 Å². The highest BCUT2D eigenvalue weighted by molar-refractivity contribution is 5.85. The van der Waals surface area contributed by atoms with Gasteiger partial charge in [0.25, 0.3) is 0 Å². The largest absolute Gasteiger partial charge is 0.405 e. The summed E-state index contributed by atoms with van der Waals surface area (Å²) in [5.41, 5.74) is 5.51. The Morgan fingerprint density at radius 3 is 2.70 bits per heavy atom. The van der Waals surface area contributed by atoms with E-state index >= 15 is 0 Å². The Kier molecular flexibility index (Phi) is 8.46. The predicted molar refractivity (Wildman–Crippen MR) is 73.7 cm³/mol. The van der Waals surface area contributed by atoms with Crippen LogP contribution in [0.3, 0.4) is 0 Å². The molecule has 0 radical (unpaired) electrons. The molecule has 1 fully saturated rings. The molecule has 1 heterocycles. The molecule has 3 N–H and O–H groups in total. The Hall–Kier alpha value is -0.530. The van der Waals surface area contributed by atoms with Crippen molar-refractivity contribution in [2.45, 2.75) is 38.4 Å². The van der Waals surface area contributed by atoms with Crippen LogP contribution in [0, 0.1) is 5.92 Å². The normalized spacial score (nSPS) is 21.9. The van der Waals surface area contributed by atoms with E-state index in [4.69, 9.17) is 5.73 Å². The van der Waals surface area contributed by atoms with Crippen molar-refractivity contribution in [2.75, 3.05) is 26.2 Å². The standard InChI is InChI=1S/C12H22F3N3O.ClH/c1-9(11(19)17-8-12(13,14)15)18-6-2-3-10(7-18)4-5-16;/h9-10H,2-8,16H2,1H3,(H,17,19);1H. The number of alkyl halides is 3. The van der Waals surface area contributed by atoms with Crippen molar-refractivity contribution in [3.63, 3.8) is 0 Å². The summed E-state index contributed by atoms with van der Waals surface area (Å²) in [6.07, 6.45) is -1.43. The highest BCUT2D eigenvalue weighted by atomic mass is 35.5. The maximum Gasteiger partial charge on any atom is 0.405 e. The summed E-state index contributed by atoms with van der Waals surface area (Å²) in [4.78, 5) is 13.6. The van der Waals surface area contributed by atoms with Crippen molar-refractivity contribution in [3.8, 4) is 0 Å². The maximum atomic E-state index is 12.0. The summed E-state index contributed by atoms with van der Waals surface area (Å²) in [6.45, 7) is 2.47. The van der Waals surface area contributed by atoms with Gasteiger partial charge >= 0.3 is 6.18 Å². The fourth-order valence-corrected chi connectivity index (χ4v) is 2.42. The summed E-state index contributed by atoms with van der Waals surface area (Å²) in [6, 6.07) is -0.525. The van der Waals surface area contributed by atoms with Gasteiger partial charge in [-0.15, -0.1) is 12.4 Å². The number of halogens is 4. The molecule has 1 aliphatic rings. The average molecular weight is 318 g/mol. The number of hydrogen-bond donors (Lipinski definition) is 2. The lowest BCUT2D eigenvalue weighted by Crippen LogP contribution is -2.50. The van der Waals surface area contributed by atoms with E-state index in [1.165, 1.54) is 0 Å². The van der Waals surface area contributed by atoms with Crippen LogP contribution in [0.25, 0.3) is 0 Å². The van der Waals surface area contributed by atoms with Gasteiger partial charge in [0.15, 0.2) is 0 Å². The van der Waals surface area contributed by atoms with Gasteiger partial charge in [-0.25, -0.2) is 0 Å². The van der Waals surface area contributed by atoms with Gasteiger partial charge in [-0.3, -0.25) is 9.69 Å². The third kappa shape index (κ3) is 6.76. The van der Waals surface area contributed by atoms with Gasteiger partial charge in [0.1, 0.15) is 6.54 Å². The quantitative estimate of drug-likeness (QED) is 0.808. The van der Waals surface area contributed by atoms with Gasteiger partial charge in [-0.2, -0.15) is 13.2 Å². The molecule has 4 nitrogen and oxygen atoms in total. The second-order valence-electron chi connectivity index (χ2n) is 5.09. The molecule has 1 saturated heterocycles. The number of rotatable bonds is 5. The molecule has 0 aromatic carbocycles. The van der Waals surface area contributed by atoms with Crippen molar-refractivity contribution < 1.29 is 18.0 Å². The van der Waals surface area contributed by atoms with Crippen LogP contribution in [0.4, 0.5) is 13.2 Å². The van der Waals surface area contributed by atoms with E-state index in [1.807, 2.05) is 10.2 Å². The average Bonchev–Trinajstić information content (AvgIpc) is 2.35. The zero-order valence-electron chi connectivity index (χ0n) is 11.6. The molecule has 8 heteroatoms. The lowest BCUT2D eigenvalue weighted by Gasteiger charge is -2.36. The minimum atomic E-state index is -4.36. The van der Waals surface area contributed by atoms with E-state index in [0.717, 1.165) is 32.4 Å². The molecular weight excluding hydrogens is 295 g/mol. The fourth-order valence-electron chi connectivity index (χ4n) is 2.42. The van der Waals surface area contributed by atoms with Crippen LogP contribution >= 0.6 is 12.4 Å². The molecule has 0 spiro atoms. The lowest BCUT2D eigenvalue weighted by atomic mass is 9.94. The molecule has 1 rings (SSSR count). The molecule has 0 saturated carbocycles. The Bertz CT molecular complexity index is 300. The van der Waals surface area contributed by atoms with Crippen LogP contribution in [0.2, 0.25) is 0 Å². The van der Waals surface area contributed by atoms with Crippen molar-refractivity contribution >= 4 is 18.3 Å². The lowest BCUT2D eigenvalue weighted by molar-refractivity contribution is -0.141. The summed E-state index contributed by atoms with van der Waals surface area (Å²) < 4.78 is 36.1. The van der Waals surface area contributed by atoms with E-state index in [2.05, 4.69) is 0 Å². The molecule has 1 amide bonds. The minimum absolute atomic E-state index is 0. The number of hydrogen-bond acceptors (Lipinski definition) is 3. The number of nitrogens with two attached hydrogens (primary N) is 1. The van der Waals surface area contributed by atoms with Gasteiger partial charge in [-0.1, -0.05) is 0 Å². The monoisotopic (exact) mass is 317 g/mol. The van der Waals surface area contributed by atoms with E-state index in [9.17, 15) is 18.0 Å². The Labute approximate surface area is 123 Å². The number of likely N-dealkylation sites (tertiary alicyclic amines) is 1. The highest BCUT2D eigenvalue weighted by Gasteiger charge is 2.31. The summed E-state index contributed by atoms with van der Waals surface area (Å²) >= 11 is 0. The summed E-state index contributed by atoms with van der Waals surface area (Å²) in [5, 5.41) is 1.94. The number of nitrogens with zero attached hydrogens (tertiary/aromatic N) is 1. The first-order chi connectivity index (χ1) is 8.83. The SMILES string of the molecule is CC(C(=O)NCC(F)(F)F)N1CCCC(CCN)C1.Cl. The topological polar surface area (TPSA) is 58.4 Å². The van der Waals surface area contributed by atoms with Crippen molar-refractivity contribution in [2.24, 2.45) is 11.7 Å². The van der Waals surface area contributed by atoms with Gasteiger partial charge < -0.3 is 11.1 Å². The predicted octanol–water partition coefficient (Wildman–Crippen LogP) is 1.54. The van der Waals surface area contributed by atoms with E-state index in [-0.39, 0.29) is 12.4 Å². The molecule has 20 heavy (non-hydrogen) atoms. The van der Waals surface area contributed by atoms with Crippen molar-refractivity contribution in [1.82, 2.24) is 10.2 Å². The zero-order valence-corrected chi connectivity index (χ0v) is 12.4. The first-order valence-corrected chi connectivity index (χ1v) is 6.62. The number of carbonyl (C=O) groups is 1. The zero-order chi connectivity index (χ0) is 14.5. The molecule has 1 aliphatic heterocycles. The first kappa shape index (κ1) is 19.5. The van der Waals surface area contributed by atoms with Gasteiger partial charge in [0.2, 0.25) is 5.91 Å². The number of nitrogens with one attached hydrogen (secondary N) is 1. The molecule has 0 aromatic rings. The molecular formula is C12H23ClF3N3O. The van der Waals surface area contributed by atoms with Crippen molar-refractivity contribution in [3.05, 3.63) is 0 Å². The summed E-state index contributed by atoms with van der Waals surface area (Å²) in [7, 11) is 0. The minimum Gasteiger partial charge on any atom is -0.346 e. The first-order valence-electron chi connectivity index (χ1n) is 6.62. The maximum absolute atomic E-state index is 12.0. The Morgan fingerprint density at radius 2 is 2.15 bits per heavy atom. The third-order valence-corrected chi connectivity index (χ3v) is 3.52. The van der Waals surface area contributed by atoms with Gasteiger partial charge in [0.05, 0.1) is 6.04 Å². The van der Waals surface area contributed by atoms with Crippen LogP contribution < -0.4 is 11.1 Å². The Balaban J connectivity index is 0.00000361. The smallest absolute Gasteiger partial charge is 0.346 e. The molecule has 0 bridgehead atoms. The summed E-state index contributed by atoms with van der Waals surface area (Å²) in [5.74, 6) is -0.123. The van der Waals surface area contributed by atoms with E-state index < -0.39 is 24.7 Å². The fraction of sp³-hybridized carbons (Fsp3) is 0.917. The molecule has 2 unspecified atom stereocenters. The molecule has 0 aromatic heterocycles. The highest BCUT2D eigenvalue weighted by Crippen LogP contribution is 2.21. The third-order valence-electron chi connectivity index (χ3n) is 3.52. The van der Waals surface area contributed by atoms with E-state index in [1.54, 1.807) is 6.92 Å². The Morgan fingerprint density at radius 1 is 1.50 bits per heavy atom. The van der Waals surface area contributed by atoms with Crippen molar-refractivity contribution in [1.29, 1.82) is 0 Å². The number of amides is 1. The van der Waals surface area contributed by atoms with Crippen LogP contribution in [-0.4, -0.2) is 49.2 Å². The molecule has 0 aliphatic carbocycles. The van der Waals surface area contributed by atoms with Gasteiger partial charge in [0, 0.05) is 6.54 Å². The van der Waals surface area contributed by atoms with Crippen LogP contribution in [0.5, 0.6) is 0 Å². The van der Waals surface area contributed by atoms with E-state index in [0.29, 0.717) is 12.5 Å². The van der Waals surface area contributed by atoms with Gasteiger partial charge in [-0.05, 0) is 45.2 Å².